The van der Waals surface area contributed by atoms with Crippen molar-refractivity contribution in [2.75, 3.05) is 7.11 Å². The molecule has 4 nitrogen and oxygen atoms in total. The normalized spacial score (nSPS) is 12.2. The monoisotopic (exact) mass is 257 g/mol. The fraction of sp³-hybridized carbons (Fsp3) is 0.267. The topological polar surface area (TPSA) is 60.2 Å². The third-order valence-electron chi connectivity index (χ3n) is 3.21. The lowest BCUT2D eigenvalue weighted by Crippen LogP contribution is -2.29. The Labute approximate surface area is 113 Å². The minimum absolute atomic E-state index is 0.107. The molecule has 1 aromatic heterocycles. The quantitative estimate of drug-likeness (QED) is 0.637. The van der Waals surface area contributed by atoms with Crippen LogP contribution in [0.4, 0.5) is 0 Å². The van der Waals surface area contributed by atoms with Gasteiger partial charge in [-0.05, 0) is 23.6 Å². The number of nitrogens with one attached hydrogen (secondary N) is 1. The summed E-state index contributed by atoms with van der Waals surface area (Å²) >= 11 is 0. The predicted octanol–water partition coefficient (Wildman–Crippen LogP) is 2.21. The van der Waals surface area contributed by atoms with Crippen LogP contribution in [0.2, 0.25) is 0 Å². The van der Waals surface area contributed by atoms with Gasteiger partial charge in [-0.3, -0.25) is 10.8 Å². The first-order valence-electron chi connectivity index (χ1n) is 6.33. The van der Waals surface area contributed by atoms with Crippen molar-refractivity contribution in [2.45, 2.75) is 19.4 Å². The van der Waals surface area contributed by atoms with Crippen molar-refractivity contribution in [1.29, 1.82) is 0 Å². The molecule has 4 heteroatoms. The summed E-state index contributed by atoms with van der Waals surface area (Å²) in [7, 11) is 1.64. The fourth-order valence-electron chi connectivity index (χ4n) is 2.16. The van der Waals surface area contributed by atoms with E-state index in [-0.39, 0.29) is 6.04 Å². The molecule has 1 unspecified atom stereocenters. The van der Waals surface area contributed by atoms with Crippen LogP contribution in [0, 0.1) is 0 Å². The molecule has 0 saturated heterocycles. The van der Waals surface area contributed by atoms with E-state index in [9.17, 15) is 0 Å². The van der Waals surface area contributed by atoms with Crippen molar-refractivity contribution in [1.82, 2.24) is 10.4 Å². The maximum Gasteiger partial charge on any atom is 0.142 e. The van der Waals surface area contributed by atoms with Crippen molar-refractivity contribution in [3.63, 3.8) is 0 Å². The molecule has 0 bridgehead atoms. The maximum atomic E-state index is 5.73. The summed E-state index contributed by atoms with van der Waals surface area (Å²) in [5, 5.41) is 0. The third kappa shape index (κ3) is 2.92. The number of aromatic nitrogens is 1. The van der Waals surface area contributed by atoms with Crippen LogP contribution in [0.5, 0.6) is 5.75 Å². The molecule has 0 fully saturated rings. The lowest BCUT2D eigenvalue weighted by Gasteiger charge is -2.19. The molecule has 1 aromatic carbocycles. The van der Waals surface area contributed by atoms with Crippen LogP contribution >= 0.6 is 0 Å². The molecule has 0 aliphatic rings. The molecule has 1 atom stereocenters. The van der Waals surface area contributed by atoms with E-state index in [2.05, 4.69) is 35.5 Å². The van der Waals surface area contributed by atoms with Gasteiger partial charge in [-0.1, -0.05) is 31.2 Å². The van der Waals surface area contributed by atoms with E-state index in [1.54, 1.807) is 19.5 Å². The van der Waals surface area contributed by atoms with Gasteiger partial charge in [0.1, 0.15) is 5.75 Å². The molecule has 3 N–H and O–H groups in total. The van der Waals surface area contributed by atoms with E-state index in [0.29, 0.717) is 0 Å². The van der Waals surface area contributed by atoms with Gasteiger partial charge in [0.2, 0.25) is 0 Å². The van der Waals surface area contributed by atoms with Crippen LogP contribution < -0.4 is 16.0 Å². The molecule has 0 amide bonds. The molecular weight excluding hydrogens is 238 g/mol. The van der Waals surface area contributed by atoms with Crippen LogP contribution in [-0.4, -0.2) is 12.1 Å². The highest BCUT2D eigenvalue weighted by Crippen LogP contribution is 2.28. The first kappa shape index (κ1) is 13.5. The summed E-state index contributed by atoms with van der Waals surface area (Å²) in [6.07, 6.45) is 4.44. The Balaban J connectivity index is 2.43. The minimum atomic E-state index is -0.107. The van der Waals surface area contributed by atoms with Crippen molar-refractivity contribution < 1.29 is 4.74 Å². The Kier molecular flexibility index (Phi) is 4.49. The standard InChI is InChI=1S/C15H19N3O/c1-3-11-5-4-6-12(9-11)15(18-16)13-7-8-17-10-14(13)19-2/h4-10,15,18H,3,16H2,1-2H3. The zero-order valence-electron chi connectivity index (χ0n) is 11.3. The Morgan fingerprint density at radius 3 is 2.89 bits per heavy atom. The van der Waals surface area contributed by atoms with Crippen molar-refractivity contribution >= 4 is 0 Å². The highest BCUT2D eigenvalue weighted by atomic mass is 16.5. The van der Waals surface area contributed by atoms with Gasteiger partial charge in [0, 0.05) is 11.8 Å². The predicted molar refractivity (Wildman–Crippen MR) is 75.8 cm³/mol. The molecular formula is C15H19N3O. The van der Waals surface area contributed by atoms with Crippen LogP contribution in [0.3, 0.4) is 0 Å². The molecule has 19 heavy (non-hydrogen) atoms. The van der Waals surface area contributed by atoms with Gasteiger partial charge in [0.15, 0.2) is 0 Å². The zero-order valence-corrected chi connectivity index (χ0v) is 11.3. The second kappa shape index (κ2) is 6.31. The number of rotatable bonds is 5. The first-order valence-corrected chi connectivity index (χ1v) is 6.33. The SMILES string of the molecule is CCc1cccc(C(NN)c2ccncc2OC)c1. The summed E-state index contributed by atoms with van der Waals surface area (Å²) in [4.78, 5) is 4.07. The number of aryl methyl sites for hydroxylation is 1. The highest BCUT2D eigenvalue weighted by Gasteiger charge is 2.16. The number of nitrogens with two attached hydrogens (primary N) is 1. The lowest BCUT2D eigenvalue weighted by atomic mass is 9.97. The van der Waals surface area contributed by atoms with Crippen molar-refractivity contribution in [3.05, 3.63) is 59.4 Å². The van der Waals surface area contributed by atoms with E-state index in [1.807, 2.05) is 12.1 Å². The van der Waals surface area contributed by atoms with Crippen molar-refractivity contribution in [3.8, 4) is 5.75 Å². The Morgan fingerprint density at radius 2 is 2.21 bits per heavy atom. The van der Waals surface area contributed by atoms with Gasteiger partial charge in [-0.25, -0.2) is 5.43 Å². The smallest absolute Gasteiger partial charge is 0.142 e. The molecule has 2 aromatic rings. The Hall–Kier alpha value is -1.91. The highest BCUT2D eigenvalue weighted by molar-refractivity contribution is 5.40. The van der Waals surface area contributed by atoms with E-state index in [0.717, 1.165) is 23.3 Å². The maximum absolute atomic E-state index is 5.73. The summed E-state index contributed by atoms with van der Waals surface area (Å²) < 4.78 is 5.35. The number of hydrogen-bond donors (Lipinski definition) is 2. The molecule has 0 aliphatic carbocycles. The second-order valence-electron chi connectivity index (χ2n) is 4.32. The number of ether oxygens (including phenoxy) is 1. The molecule has 0 radical (unpaired) electrons. The number of benzene rings is 1. The number of hydrogen-bond acceptors (Lipinski definition) is 4. The molecule has 1 heterocycles. The van der Waals surface area contributed by atoms with E-state index in [1.165, 1.54) is 5.56 Å². The Bertz CT molecular complexity index is 542. The number of methoxy groups -OCH3 is 1. The molecule has 0 aliphatic heterocycles. The van der Waals surface area contributed by atoms with Gasteiger partial charge >= 0.3 is 0 Å². The van der Waals surface area contributed by atoms with Crippen LogP contribution in [0.15, 0.2) is 42.7 Å². The minimum Gasteiger partial charge on any atom is -0.495 e. The van der Waals surface area contributed by atoms with E-state index in [4.69, 9.17) is 10.6 Å². The van der Waals surface area contributed by atoms with Crippen LogP contribution in [0.25, 0.3) is 0 Å². The summed E-state index contributed by atoms with van der Waals surface area (Å²) in [5.74, 6) is 6.46. The Morgan fingerprint density at radius 1 is 1.37 bits per heavy atom. The summed E-state index contributed by atoms with van der Waals surface area (Å²) in [5.41, 5.74) is 6.23. The van der Waals surface area contributed by atoms with E-state index >= 15 is 0 Å². The fourth-order valence-corrected chi connectivity index (χ4v) is 2.16. The molecule has 100 valence electrons. The van der Waals surface area contributed by atoms with Gasteiger partial charge in [0.25, 0.3) is 0 Å². The molecule has 2 rings (SSSR count). The lowest BCUT2D eigenvalue weighted by molar-refractivity contribution is 0.402. The van der Waals surface area contributed by atoms with Gasteiger partial charge < -0.3 is 4.74 Å². The number of nitrogens with zero attached hydrogens (tertiary/aromatic N) is 1. The largest absolute Gasteiger partial charge is 0.495 e. The first-order chi connectivity index (χ1) is 9.30. The summed E-state index contributed by atoms with van der Waals surface area (Å²) in [6.45, 7) is 2.14. The average Bonchev–Trinajstić information content (AvgIpc) is 2.49. The zero-order chi connectivity index (χ0) is 13.7. The number of pyridine rings is 1. The molecule has 0 spiro atoms. The molecule has 0 saturated carbocycles. The number of hydrazine groups is 1. The van der Waals surface area contributed by atoms with Crippen LogP contribution in [-0.2, 0) is 6.42 Å². The van der Waals surface area contributed by atoms with E-state index < -0.39 is 0 Å². The van der Waals surface area contributed by atoms with Crippen molar-refractivity contribution in [2.24, 2.45) is 5.84 Å². The second-order valence-corrected chi connectivity index (χ2v) is 4.32. The third-order valence-corrected chi connectivity index (χ3v) is 3.21. The van der Waals surface area contributed by atoms with Gasteiger partial charge in [-0.15, -0.1) is 0 Å². The van der Waals surface area contributed by atoms with Crippen LogP contribution in [0.1, 0.15) is 29.7 Å². The van der Waals surface area contributed by atoms with Gasteiger partial charge in [-0.2, -0.15) is 0 Å². The van der Waals surface area contributed by atoms with Gasteiger partial charge in [0.05, 0.1) is 19.3 Å². The summed E-state index contributed by atoms with van der Waals surface area (Å²) in [6, 6.07) is 10.2. The average molecular weight is 257 g/mol.